The number of aryl methyl sites for hydroxylation is 6. The molecule has 0 saturated carbocycles. The summed E-state index contributed by atoms with van der Waals surface area (Å²) < 4.78 is 2.41. The smallest absolute Gasteiger partial charge is 0.211 e. The van der Waals surface area contributed by atoms with Crippen LogP contribution in [0.3, 0.4) is 0 Å². The summed E-state index contributed by atoms with van der Waals surface area (Å²) in [5, 5.41) is 12.3. The Kier molecular flexibility index (Phi) is 12.6. The molecule has 6 aromatic carbocycles. The van der Waals surface area contributed by atoms with Gasteiger partial charge in [-0.25, -0.2) is 0 Å². The van der Waals surface area contributed by atoms with Gasteiger partial charge in [-0.3, -0.25) is 0 Å². The maximum absolute atomic E-state index is 11.4. The number of allylic oxidation sites excluding steroid dienone is 5. The third kappa shape index (κ3) is 8.23. The standard InChI is InChI=1S/C58H55N4S/c1-9-60(55-41(5)22-18-23-42(55)6)48-34-30-46(31-35-48)53(47-32-36-49(37-33-47)61(10-2)56-43(7)24-19-25-44(56)8)57-54(45-26-12-11-13-27-45)50(38-59)58(63-57)62(51-28-16-14-20-39(51)3)52-29-17-15-21-40(52)4/h11-37H,9-10H2,1-8H3/q+1. The molecule has 63 heavy (non-hydrogen) atoms. The second-order valence-corrected chi connectivity index (χ2v) is 17.3. The molecule has 312 valence electrons. The number of thiophene rings is 1. The Morgan fingerprint density at radius 2 is 1.11 bits per heavy atom. The molecule has 0 bridgehead atoms. The molecule has 0 radical (unpaired) electrons. The van der Waals surface area contributed by atoms with E-state index in [1.165, 1.54) is 33.6 Å². The van der Waals surface area contributed by atoms with Crippen molar-refractivity contribution in [2.24, 2.45) is 0 Å². The fraction of sp³-hybridized carbons (Fsp3) is 0.172. The first-order valence-electron chi connectivity index (χ1n) is 21.9. The maximum atomic E-state index is 11.4. The second kappa shape index (κ2) is 18.5. The molecule has 0 unspecified atom stereocenters. The summed E-state index contributed by atoms with van der Waals surface area (Å²) in [6, 6.07) is 52.3. The molecular weight excluding hydrogens is 785 g/mol. The average Bonchev–Trinajstić information content (AvgIpc) is 3.67. The Morgan fingerprint density at radius 1 is 0.587 bits per heavy atom. The van der Waals surface area contributed by atoms with E-state index in [1.54, 1.807) is 11.3 Å². The molecule has 0 aliphatic heterocycles. The van der Waals surface area contributed by atoms with Crippen molar-refractivity contribution in [3.05, 3.63) is 219 Å². The third-order valence-electron chi connectivity index (χ3n) is 12.2. The number of para-hydroxylation sites is 4. The molecule has 0 spiro atoms. The summed E-state index contributed by atoms with van der Waals surface area (Å²) in [4.78, 5) is 5.76. The van der Waals surface area contributed by atoms with Crippen LogP contribution in [-0.2, 0) is 0 Å². The third-order valence-corrected chi connectivity index (χ3v) is 13.4. The number of hydrogen-bond acceptors (Lipinski definition) is 4. The molecule has 0 atom stereocenters. The largest absolute Gasteiger partial charge is 0.341 e. The van der Waals surface area contributed by atoms with Gasteiger partial charge in [0.15, 0.2) is 0 Å². The summed E-state index contributed by atoms with van der Waals surface area (Å²) in [7, 11) is 0. The lowest BCUT2D eigenvalue weighted by atomic mass is 9.90. The lowest BCUT2D eigenvalue weighted by Gasteiger charge is -2.27. The fourth-order valence-corrected chi connectivity index (χ4v) is 10.6. The van der Waals surface area contributed by atoms with Gasteiger partial charge in [0, 0.05) is 68.6 Å². The number of nitriles is 1. The number of benzene rings is 6. The zero-order chi connectivity index (χ0) is 44.2. The Hall–Kier alpha value is -7.00. The van der Waals surface area contributed by atoms with Crippen molar-refractivity contribution in [3.63, 3.8) is 0 Å². The van der Waals surface area contributed by atoms with E-state index in [1.807, 2.05) is 6.07 Å². The molecule has 1 heterocycles. The first kappa shape index (κ1) is 42.7. The van der Waals surface area contributed by atoms with E-state index >= 15 is 0 Å². The van der Waals surface area contributed by atoms with Gasteiger partial charge >= 0.3 is 0 Å². The van der Waals surface area contributed by atoms with Crippen LogP contribution < -0.4 is 9.80 Å². The van der Waals surface area contributed by atoms with Crippen molar-refractivity contribution in [1.82, 2.24) is 0 Å². The van der Waals surface area contributed by atoms with E-state index in [0.717, 1.165) is 84.7 Å². The van der Waals surface area contributed by atoms with Gasteiger partial charge in [-0.2, -0.15) is 9.84 Å². The maximum Gasteiger partial charge on any atom is 0.211 e. The summed E-state index contributed by atoms with van der Waals surface area (Å²) in [6.45, 7) is 19.2. The molecule has 1 aliphatic rings. The quantitative estimate of drug-likeness (QED) is 0.122. The first-order valence-corrected chi connectivity index (χ1v) is 22.8. The van der Waals surface area contributed by atoms with Gasteiger partial charge in [0.05, 0.1) is 5.56 Å². The van der Waals surface area contributed by atoms with E-state index in [-0.39, 0.29) is 0 Å². The minimum atomic E-state index is 0.651. The summed E-state index contributed by atoms with van der Waals surface area (Å²) in [5.41, 5.74) is 20.0. The van der Waals surface area contributed by atoms with Gasteiger partial charge < -0.3 is 9.80 Å². The molecule has 7 aromatic rings. The minimum Gasteiger partial charge on any atom is -0.341 e. The van der Waals surface area contributed by atoms with Crippen LogP contribution in [0.25, 0.3) is 16.7 Å². The van der Waals surface area contributed by atoms with Crippen LogP contribution in [0.2, 0.25) is 0 Å². The van der Waals surface area contributed by atoms with E-state index < -0.39 is 0 Å². The molecule has 0 saturated heterocycles. The lowest BCUT2D eigenvalue weighted by molar-refractivity contribution is -0.435. The fourth-order valence-electron chi connectivity index (χ4n) is 9.16. The zero-order valence-electron chi connectivity index (χ0n) is 37.7. The summed E-state index contributed by atoms with van der Waals surface area (Å²) in [5.74, 6) is 0. The molecule has 8 rings (SSSR count). The van der Waals surface area contributed by atoms with Crippen molar-refractivity contribution in [3.8, 4) is 17.2 Å². The Morgan fingerprint density at radius 3 is 1.63 bits per heavy atom. The monoisotopic (exact) mass is 839 g/mol. The predicted octanol–water partition coefficient (Wildman–Crippen LogP) is 15.5. The predicted molar refractivity (Wildman–Crippen MR) is 269 cm³/mol. The lowest BCUT2D eigenvalue weighted by Crippen LogP contribution is -2.18. The number of nitrogens with zero attached hydrogens (tertiary/aromatic N) is 4. The van der Waals surface area contributed by atoms with Gasteiger partial charge in [-0.05, 0) is 131 Å². The Labute approximate surface area is 378 Å². The van der Waals surface area contributed by atoms with Crippen LogP contribution in [0.5, 0.6) is 0 Å². The molecule has 1 aromatic heterocycles. The number of anilines is 5. The molecular formula is C58H55N4S+. The highest BCUT2D eigenvalue weighted by Gasteiger charge is 2.30. The molecule has 5 heteroatoms. The normalized spacial score (nSPS) is 12.0. The van der Waals surface area contributed by atoms with Gasteiger partial charge in [0.25, 0.3) is 0 Å². The highest BCUT2D eigenvalue weighted by molar-refractivity contribution is 7.18. The zero-order valence-corrected chi connectivity index (χ0v) is 38.5. The summed E-state index contributed by atoms with van der Waals surface area (Å²) in [6.07, 6.45) is 9.05. The van der Waals surface area contributed by atoms with E-state index in [0.29, 0.717) is 5.56 Å². The van der Waals surface area contributed by atoms with E-state index in [9.17, 15) is 5.26 Å². The minimum absolute atomic E-state index is 0.651. The Bertz CT molecular complexity index is 2890. The van der Waals surface area contributed by atoms with Crippen molar-refractivity contribution in [2.75, 3.05) is 22.9 Å². The number of hydrogen-bond donors (Lipinski definition) is 0. The highest BCUT2D eigenvalue weighted by atomic mass is 32.1. The van der Waals surface area contributed by atoms with Gasteiger partial charge in [0.2, 0.25) is 11.4 Å². The van der Waals surface area contributed by atoms with Crippen LogP contribution in [0.4, 0.5) is 33.4 Å². The summed E-state index contributed by atoms with van der Waals surface area (Å²) >= 11 is 1.70. The number of rotatable bonds is 11. The Balaban J connectivity index is 1.41. The topological polar surface area (TPSA) is 33.3 Å². The van der Waals surface area contributed by atoms with Crippen LogP contribution in [-0.4, -0.2) is 23.4 Å². The van der Waals surface area contributed by atoms with E-state index in [4.69, 9.17) is 0 Å². The highest BCUT2D eigenvalue weighted by Crippen LogP contribution is 2.52. The van der Waals surface area contributed by atoms with Gasteiger partial charge in [-0.1, -0.05) is 115 Å². The van der Waals surface area contributed by atoms with Crippen LogP contribution >= 0.6 is 11.3 Å². The SMILES string of the molecule is CCN(c1ccc(C(=C2C=CC(=[N+](CC)c3c(C)cccc3C)C=C2)c2sc(N(c3ccccc3C)c3ccccc3C)c(C#N)c2-c2ccccc2)cc1)c1c(C)cccc1C. The molecule has 4 nitrogen and oxygen atoms in total. The van der Waals surface area contributed by atoms with Gasteiger partial charge in [0.1, 0.15) is 17.6 Å². The van der Waals surface area contributed by atoms with Gasteiger partial charge in [-0.15, -0.1) is 11.3 Å². The van der Waals surface area contributed by atoms with Crippen molar-refractivity contribution < 1.29 is 4.58 Å². The van der Waals surface area contributed by atoms with Crippen LogP contribution in [0.1, 0.15) is 63.2 Å². The average molecular weight is 840 g/mol. The van der Waals surface area contributed by atoms with Crippen molar-refractivity contribution in [1.29, 1.82) is 5.26 Å². The van der Waals surface area contributed by atoms with Crippen LogP contribution in [0, 0.1) is 52.9 Å². The second-order valence-electron chi connectivity index (χ2n) is 16.3. The van der Waals surface area contributed by atoms with E-state index in [2.05, 4.69) is 234 Å². The van der Waals surface area contributed by atoms with Crippen molar-refractivity contribution >= 4 is 56.1 Å². The molecule has 1 aliphatic carbocycles. The molecule has 0 amide bonds. The van der Waals surface area contributed by atoms with Crippen LogP contribution in [0.15, 0.2) is 169 Å². The molecule has 0 N–H and O–H groups in total. The van der Waals surface area contributed by atoms with Crippen molar-refractivity contribution in [2.45, 2.75) is 55.4 Å². The molecule has 0 fully saturated rings. The first-order chi connectivity index (χ1) is 30.6.